The number of carboxylic acid groups (broad SMARTS) is 1. The lowest BCUT2D eigenvalue weighted by Gasteiger charge is -2.05. The van der Waals surface area contributed by atoms with Gasteiger partial charge in [-0.2, -0.15) is 0 Å². The van der Waals surface area contributed by atoms with Crippen molar-refractivity contribution in [3.8, 4) is 5.75 Å². The van der Waals surface area contributed by atoms with E-state index in [9.17, 15) is 9.90 Å². The first-order chi connectivity index (χ1) is 8.16. The van der Waals surface area contributed by atoms with Crippen LogP contribution in [0.15, 0.2) is 29.4 Å². The van der Waals surface area contributed by atoms with Gasteiger partial charge in [-0.25, -0.2) is 0 Å². The van der Waals surface area contributed by atoms with E-state index in [2.05, 4.69) is 5.16 Å². The summed E-state index contributed by atoms with van der Waals surface area (Å²) in [5.74, 6) is -0.682. The normalized spacial score (nSPS) is 18.6. The number of rotatable bonds is 4. The van der Waals surface area contributed by atoms with Gasteiger partial charge in [0.25, 0.3) is 0 Å². The molecule has 2 N–H and O–H groups in total. The molecule has 0 aromatic heterocycles. The van der Waals surface area contributed by atoms with Crippen LogP contribution in [0, 0.1) is 0 Å². The van der Waals surface area contributed by atoms with E-state index in [0.29, 0.717) is 24.1 Å². The summed E-state index contributed by atoms with van der Waals surface area (Å²) in [4.78, 5) is 15.6. The molecule has 1 aliphatic rings. The summed E-state index contributed by atoms with van der Waals surface area (Å²) >= 11 is 0. The van der Waals surface area contributed by atoms with Crippen LogP contribution in [0.2, 0.25) is 0 Å². The zero-order valence-electron chi connectivity index (χ0n) is 9.17. The van der Waals surface area contributed by atoms with Crippen LogP contribution >= 0.6 is 0 Å². The average molecular weight is 235 g/mol. The van der Waals surface area contributed by atoms with Gasteiger partial charge in [0.1, 0.15) is 11.9 Å². The van der Waals surface area contributed by atoms with Crippen LogP contribution in [-0.4, -0.2) is 28.0 Å². The highest BCUT2D eigenvalue weighted by atomic mass is 16.6. The Morgan fingerprint density at radius 2 is 2.24 bits per heavy atom. The predicted octanol–water partition coefficient (Wildman–Crippen LogP) is 1.75. The molecule has 0 amide bonds. The van der Waals surface area contributed by atoms with Crippen molar-refractivity contribution in [2.75, 3.05) is 0 Å². The maximum Gasteiger partial charge on any atom is 0.303 e. The quantitative estimate of drug-likeness (QED) is 0.833. The third kappa shape index (κ3) is 2.75. The summed E-state index contributed by atoms with van der Waals surface area (Å²) in [5, 5.41) is 22.1. The fraction of sp³-hybridized carbons (Fsp3) is 0.333. The average Bonchev–Trinajstić information content (AvgIpc) is 2.75. The summed E-state index contributed by atoms with van der Waals surface area (Å²) in [6, 6.07) is 6.89. The minimum absolute atomic E-state index is 0.0637. The van der Waals surface area contributed by atoms with Crippen molar-refractivity contribution in [1.29, 1.82) is 0 Å². The lowest BCUT2D eigenvalue weighted by molar-refractivity contribution is -0.137. The number of aromatic hydroxyl groups is 1. The Labute approximate surface area is 98.3 Å². The second-order valence-corrected chi connectivity index (χ2v) is 3.92. The number of carboxylic acids is 1. The number of phenolic OH excluding ortho intramolecular Hbond substituents is 1. The maximum absolute atomic E-state index is 10.4. The Balaban J connectivity index is 1.98. The van der Waals surface area contributed by atoms with Crippen LogP contribution in [-0.2, 0) is 9.63 Å². The number of carbonyl (C=O) groups is 1. The van der Waals surface area contributed by atoms with Crippen molar-refractivity contribution < 1.29 is 19.8 Å². The number of oxime groups is 1. The van der Waals surface area contributed by atoms with Gasteiger partial charge in [0, 0.05) is 18.4 Å². The molecule has 1 unspecified atom stereocenters. The van der Waals surface area contributed by atoms with Gasteiger partial charge >= 0.3 is 5.97 Å². The first-order valence-corrected chi connectivity index (χ1v) is 5.39. The molecule has 1 aromatic rings. The monoisotopic (exact) mass is 235 g/mol. The molecular formula is C12H13NO4. The highest BCUT2D eigenvalue weighted by molar-refractivity contribution is 6.03. The summed E-state index contributed by atoms with van der Waals surface area (Å²) < 4.78 is 0. The van der Waals surface area contributed by atoms with E-state index >= 15 is 0 Å². The minimum Gasteiger partial charge on any atom is -0.507 e. The molecule has 0 radical (unpaired) electrons. The first kappa shape index (κ1) is 11.4. The third-order valence-corrected chi connectivity index (χ3v) is 2.63. The molecule has 0 fully saturated rings. The molecule has 1 atom stereocenters. The fourth-order valence-corrected chi connectivity index (χ4v) is 1.74. The standard InChI is InChI=1S/C12H13NO4/c14-11-4-2-1-3-9(11)10-7-8(17-13-10)5-6-12(15)16/h1-4,8,14H,5-7H2,(H,15,16). The smallest absolute Gasteiger partial charge is 0.303 e. The third-order valence-electron chi connectivity index (χ3n) is 2.63. The van der Waals surface area contributed by atoms with E-state index < -0.39 is 5.97 Å². The molecular weight excluding hydrogens is 222 g/mol. The van der Waals surface area contributed by atoms with Crippen molar-refractivity contribution in [1.82, 2.24) is 0 Å². The number of benzene rings is 1. The molecule has 0 aliphatic carbocycles. The van der Waals surface area contributed by atoms with Crippen LogP contribution in [0.5, 0.6) is 5.75 Å². The number of para-hydroxylation sites is 1. The van der Waals surface area contributed by atoms with Crippen molar-refractivity contribution in [2.24, 2.45) is 5.16 Å². The summed E-state index contributed by atoms with van der Waals surface area (Å²) in [7, 11) is 0. The Kier molecular flexibility index (Phi) is 3.27. The van der Waals surface area contributed by atoms with Crippen molar-refractivity contribution in [3.63, 3.8) is 0 Å². The second kappa shape index (κ2) is 4.86. The van der Waals surface area contributed by atoms with Crippen molar-refractivity contribution >= 4 is 11.7 Å². The second-order valence-electron chi connectivity index (χ2n) is 3.92. The number of nitrogens with zero attached hydrogens (tertiary/aromatic N) is 1. The van der Waals surface area contributed by atoms with Crippen molar-refractivity contribution in [3.05, 3.63) is 29.8 Å². The first-order valence-electron chi connectivity index (χ1n) is 5.39. The zero-order valence-corrected chi connectivity index (χ0v) is 9.17. The summed E-state index contributed by atoms with van der Waals surface area (Å²) in [5.41, 5.74) is 1.31. The highest BCUT2D eigenvalue weighted by Crippen LogP contribution is 2.25. The van der Waals surface area contributed by atoms with Gasteiger partial charge in [0.15, 0.2) is 0 Å². The molecule has 90 valence electrons. The maximum atomic E-state index is 10.4. The van der Waals surface area contributed by atoms with Gasteiger partial charge in [-0.1, -0.05) is 17.3 Å². The van der Waals surface area contributed by atoms with Crippen LogP contribution in [0.25, 0.3) is 0 Å². The van der Waals surface area contributed by atoms with Crippen LogP contribution in [0.1, 0.15) is 24.8 Å². The molecule has 0 saturated heterocycles. The van der Waals surface area contributed by atoms with E-state index in [1.54, 1.807) is 18.2 Å². The highest BCUT2D eigenvalue weighted by Gasteiger charge is 2.24. The molecule has 2 rings (SSSR count). The molecule has 17 heavy (non-hydrogen) atoms. The molecule has 1 heterocycles. The van der Waals surface area contributed by atoms with Gasteiger partial charge in [-0.3, -0.25) is 4.79 Å². The Bertz CT molecular complexity index is 456. The molecule has 0 spiro atoms. The Hall–Kier alpha value is -2.04. The fourth-order valence-electron chi connectivity index (χ4n) is 1.74. The number of hydrogen-bond donors (Lipinski definition) is 2. The lowest BCUT2D eigenvalue weighted by atomic mass is 10.0. The SMILES string of the molecule is O=C(O)CCC1CC(c2ccccc2O)=NO1. The van der Waals surface area contributed by atoms with E-state index in [1.165, 1.54) is 0 Å². The molecule has 5 nitrogen and oxygen atoms in total. The number of phenols is 1. The van der Waals surface area contributed by atoms with Crippen molar-refractivity contribution in [2.45, 2.75) is 25.4 Å². The molecule has 1 aliphatic heterocycles. The van der Waals surface area contributed by atoms with Crippen LogP contribution < -0.4 is 0 Å². The largest absolute Gasteiger partial charge is 0.507 e. The Morgan fingerprint density at radius 1 is 1.47 bits per heavy atom. The van der Waals surface area contributed by atoms with Gasteiger partial charge in [-0.15, -0.1) is 0 Å². The van der Waals surface area contributed by atoms with Gasteiger partial charge in [0.05, 0.1) is 5.71 Å². The zero-order chi connectivity index (χ0) is 12.3. The molecule has 0 bridgehead atoms. The van der Waals surface area contributed by atoms with E-state index in [1.807, 2.05) is 6.07 Å². The van der Waals surface area contributed by atoms with Gasteiger partial charge in [-0.05, 0) is 18.6 Å². The summed E-state index contributed by atoms with van der Waals surface area (Å²) in [6.07, 6.45) is 0.815. The van der Waals surface area contributed by atoms with E-state index in [0.717, 1.165) is 0 Å². The minimum atomic E-state index is -0.843. The van der Waals surface area contributed by atoms with Crippen LogP contribution in [0.4, 0.5) is 0 Å². The molecule has 0 saturated carbocycles. The predicted molar refractivity (Wildman–Crippen MR) is 61.0 cm³/mol. The van der Waals surface area contributed by atoms with E-state index in [-0.39, 0.29) is 18.3 Å². The number of aliphatic carboxylic acids is 1. The molecule has 1 aromatic carbocycles. The number of hydrogen-bond acceptors (Lipinski definition) is 4. The summed E-state index contributed by atoms with van der Waals surface area (Å²) in [6.45, 7) is 0. The van der Waals surface area contributed by atoms with Gasteiger partial charge in [0.2, 0.25) is 0 Å². The van der Waals surface area contributed by atoms with E-state index in [4.69, 9.17) is 9.94 Å². The topological polar surface area (TPSA) is 79.1 Å². The Morgan fingerprint density at radius 3 is 2.94 bits per heavy atom. The van der Waals surface area contributed by atoms with Crippen LogP contribution in [0.3, 0.4) is 0 Å². The molecule has 5 heteroatoms. The lowest BCUT2D eigenvalue weighted by Crippen LogP contribution is -2.10. The van der Waals surface area contributed by atoms with Gasteiger partial charge < -0.3 is 15.1 Å².